The van der Waals surface area contributed by atoms with Crippen molar-refractivity contribution in [3.63, 3.8) is 0 Å². The number of carbonyl (C=O) groups is 4. The second-order valence-electron chi connectivity index (χ2n) is 31.0. The van der Waals surface area contributed by atoms with Crippen molar-refractivity contribution >= 4 is 39.5 Å². The van der Waals surface area contributed by atoms with Gasteiger partial charge in [0.05, 0.1) is 26.4 Å². The zero-order valence-electron chi connectivity index (χ0n) is 66.5. The molecule has 0 aromatic rings. The first-order valence-corrected chi connectivity index (χ1v) is 45.3. The third-order valence-corrected chi connectivity index (χ3v) is 21.7. The molecule has 0 aliphatic carbocycles. The Morgan fingerprint density at radius 1 is 0.277 bits per heavy atom. The molecule has 0 aliphatic rings. The Morgan fingerprint density at radius 2 is 0.475 bits per heavy atom. The van der Waals surface area contributed by atoms with Crippen LogP contribution in [0.1, 0.15) is 421 Å². The van der Waals surface area contributed by atoms with E-state index in [1.807, 2.05) is 0 Å². The first-order chi connectivity index (χ1) is 48.7. The second kappa shape index (κ2) is 71.0. The third kappa shape index (κ3) is 73.4. The first-order valence-electron chi connectivity index (χ1n) is 42.3. The second-order valence-corrected chi connectivity index (χ2v) is 33.9. The highest BCUT2D eigenvalue weighted by Gasteiger charge is 2.30. The van der Waals surface area contributed by atoms with Gasteiger partial charge in [-0.05, 0) is 49.4 Å². The Labute approximate surface area is 619 Å². The number of phosphoric ester groups is 2. The summed E-state index contributed by atoms with van der Waals surface area (Å²) in [6.07, 6.45) is 58.3. The van der Waals surface area contributed by atoms with Crippen LogP contribution in [0.4, 0.5) is 0 Å². The van der Waals surface area contributed by atoms with Gasteiger partial charge in [-0.2, -0.15) is 0 Å². The van der Waals surface area contributed by atoms with Crippen molar-refractivity contribution in [3.8, 4) is 0 Å². The molecule has 19 heteroatoms. The van der Waals surface area contributed by atoms with Crippen LogP contribution in [0.3, 0.4) is 0 Å². The average molecular weight is 1480 g/mol. The number of aliphatic hydroxyl groups is 1. The lowest BCUT2D eigenvalue weighted by molar-refractivity contribution is -0.161. The number of carbonyl (C=O) groups excluding carboxylic acids is 4. The van der Waals surface area contributed by atoms with E-state index in [0.29, 0.717) is 25.7 Å². The molecule has 3 N–H and O–H groups in total. The quantitative estimate of drug-likeness (QED) is 0.0222. The summed E-state index contributed by atoms with van der Waals surface area (Å²) < 4.78 is 68.7. The minimum Gasteiger partial charge on any atom is -0.462 e. The van der Waals surface area contributed by atoms with E-state index in [0.717, 1.165) is 120 Å². The molecule has 0 fully saturated rings. The smallest absolute Gasteiger partial charge is 0.462 e. The van der Waals surface area contributed by atoms with E-state index in [1.54, 1.807) is 0 Å². The fraction of sp³-hybridized carbons (Fsp3) is 0.951. The summed E-state index contributed by atoms with van der Waals surface area (Å²) in [4.78, 5) is 73.0. The van der Waals surface area contributed by atoms with Gasteiger partial charge in [-0.25, -0.2) is 9.13 Å². The molecule has 4 unspecified atom stereocenters. The van der Waals surface area contributed by atoms with E-state index >= 15 is 0 Å². The first kappa shape index (κ1) is 99.1. The van der Waals surface area contributed by atoms with Gasteiger partial charge in [0.1, 0.15) is 19.3 Å². The van der Waals surface area contributed by atoms with Crippen LogP contribution in [-0.4, -0.2) is 96.7 Å². The lowest BCUT2D eigenvalue weighted by Gasteiger charge is -2.21. The van der Waals surface area contributed by atoms with Gasteiger partial charge in [0, 0.05) is 25.7 Å². The van der Waals surface area contributed by atoms with Crippen LogP contribution >= 0.6 is 15.6 Å². The van der Waals surface area contributed by atoms with Crippen molar-refractivity contribution in [1.82, 2.24) is 0 Å². The molecule has 0 aromatic carbocycles. The lowest BCUT2D eigenvalue weighted by atomic mass is 9.99. The Kier molecular flexibility index (Phi) is 69.6. The zero-order chi connectivity index (χ0) is 74.6. The molecule has 0 aliphatic heterocycles. The van der Waals surface area contributed by atoms with Crippen LogP contribution in [-0.2, 0) is 65.4 Å². The fourth-order valence-electron chi connectivity index (χ4n) is 12.5. The van der Waals surface area contributed by atoms with E-state index in [-0.39, 0.29) is 25.7 Å². The topological polar surface area (TPSA) is 237 Å². The zero-order valence-corrected chi connectivity index (χ0v) is 68.3. The molecule has 0 heterocycles. The van der Waals surface area contributed by atoms with Crippen molar-refractivity contribution in [1.29, 1.82) is 0 Å². The van der Waals surface area contributed by atoms with Gasteiger partial charge in [0.25, 0.3) is 0 Å². The number of rotatable bonds is 79. The van der Waals surface area contributed by atoms with Gasteiger partial charge < -0.3 is 33.8 Å². The summed E-state index contributed by atoms with van der Waals surface area (Å²) >= 11 is 0. The predicted octanol–water partition coefficient (Wildman–Crippen LogP) is 24.4. The monoisotopic (exact) mass is 1480 g/mol. The van der Waals surface area contributed by atoms with Gasteiger partial charge in [-0.15, -0.1) is 0 Å². The third-order valence-electron chi connectivity index (χ3n) is 19.8. The van der Waals surface area contributed by atoms with Gasteiger partial charge in [0.2, 0.25) is 0 Å². The molecule has 0 spiro atoms. The maximum absolute atomic E-state index is 13.1. The van der Waals surface area contributed by atoms with E-state index in [4.69, 9.17) is 37.0 Å². The van der Waals surface area contributed by atoms with E-state index in [2.05, 4.69) is 55.4 Å². The summed E-state index contributed by atoms with van der Waals surface area (Å²) in [5, 5.41) is 10.6. The van der Waals surface area contributed by atoms with Crippen LogP contribution < -0.4 is 0 Å². The molecule has 0 amide bonds. The summed E-state index contributed by atoms with van der Waals surface area (Å²) in [5.41, 5.74) is 0. The summed E-state index contributed by atoms with van der Waals surface area (Å²) in [5.74, 6) is 1.03. The molecule has 17 nitrogen and oxygen atoms in total. The highest BCUT2D eigenvalue weighted by atomic mass is 31.2. The highest BCUT2D eigenvalue weighted by Crippen LogP contribution is 2.45. The number of aliphatic hydroxyl groups excluding tert-OH is 1. The van der Waals surface area contributed by atoms with Crippen LogP contribution in [0.15, 0.2) is 0 Å². The molecule has 0 saturated carbocycles. The lowest BCUT2D eigenvalue weighted by Crippen LogP contribution is -2.30. The minimum absolute atomic E-state index is 0.107. The maximum atomic E-state index is 13.1. The van der Waals surface area contributed by atoms with Gasteiger partial charge >= 0.3 is 39.5 Å². The van der Waals surface area contributed by atoms with Gasteiger partial charge in [-0.1, -0.05) is 370 Å². The summed E-state index contributed by atoms with van der Waals surface area (Å²) in [6.45, 7) is 14.3. The van der Waals surface area contributed by atoms with Crippen LogP contribution in [0.2, 0.25) is 0 Å². The van der Waals surface area contributed by atoms with Crippen molar-refractivity contribution in [2.45, 2.75) is 440 Å². The fourth-order valence-corrected chi connectivity index (χ4v) is 14.1. The standard InChI is InChI=1S/C82H160O17P2/c1-9-74(7)60-52-44-36-30-24-20-17-18-22-26-32-39-49-57-64-81(86)98-77(68-92-79(84)62-54-46-37-33-27-29-35-43-51-59-73(5)6)70-96-100(88,89)94-66-76(83)67-95-101(90,91)97-71-78(69-93-80(85)63-55-47-41-40-45-53-61-75(8)10-2)99-82(87)65-56-48-38-31-25-21-16-14-12-11-13-15-19-23-28-34-42-50-58-72(3)4/h72-78,83H,9-71H2,1-8H3,(H,88,89)(H,90,91)/t74?,75?,76-,77-,78-/m1/s1. The minimum atomic E-state index is -4.96. The molecule has 7 atom stereocenters. The SMILES string of the molecule is CCC(C)CCCCCCCCCCCCCCCCC(=O)O[C@H](COC(=O)CCCCCCCCCCCC(C)C)COP(=O)(O)OC[C@@H](O)COP(=O)(O)OC[C@@H](COC(=O)CCCCCCCCC(C)CC)OC(=O)CCCCCCCCCCCCCCCCCCCCC(C)C. The molecular formula is C82H160O17P2. The number of esters is 4. The Morgan fingerprint density at radius 3 is 0.703 bits per heavy atom. The van der Waals surface area contributed by atoms with Crippen molar-refractivity contribution < 1.29 is 80.2 Å². The molecule has 0 radical (unpaired) electrons. The molecule has 0 saturated heterocycles. The molecule has 600 valence electrons. The molecule has 0 bridgehead atoms. The Hall–Kier alpha value is -1.94. The number of phosphoric acid groups is 2. The maximum Gasteiger partial charge on any atom is 0.472 e. The van der Waals surface area contributed by atoms with Crippen LogP contribution in [0.25, 0.3) is 0 Å². The predicted molar refractivity (Wildman–Crippen MR) is 414 cm³/mol. The normalized spacial score (nSPS) is 14.5. The van der Waals surface area contributed by atoms with E-state index in [1.165, 1.54) is 218 Å². The average Bonchev–Trinajstić information content (AvgIpc) is 1.08. The van der Waals surface area contributed by atoms with Crippen molar-refractivity contribution in [2.75, 3.05) is 39.6 Å². The summed E-state index contributed by atoms with van der Waals surface area (Å²) in [6, 6.07) is 0. The number of hydrogen-bond acceptors (Lipinski definition) is 15. The van der Waals surface area contributed by atoms with Gasteiger partial charge in [0.15, 0.2) is 12.2 Å². The van der Waals surface area contributed by atoms with E-state index < -0.39 is 97.5 Å². The van der Waals surface area contributed by atoms with E-state index in [9.17, 15) is 43.2 Å². The largest absolute Gasteiger partial charge is 0.472 e. The number of ether oxygens (including phenoxy) is 4. The Balaban J connectivity index is 5.20. The number of hydrogen-bond donors (Lipinski definition) is 3. The van der Waals surface area contributed by atoms with Crippen LogP contribution in [0, 0.1) is 23.7 Å². The highest BCUT2D eigenvalue weighted by molar-refractivity contribution is 7.47. The Bertz CT molecular complexity index is 1980. The van der Waals surface area contributed by atoms with Crippen molar-refractivity contribution in [2.24, 2.45) is 23.7 Å². The summed E-state index contributed by atoms with van der Waals surface area (Å²) in [7, 11) is -9.92. The molecule has 101 heavy (non-hydrogen) atoms. The molecular weight excluding hydrogens is 1320 g/mol. The molecule has 0 rings (SSSR count). The van der Waals surface area contributed by atoms with Gasteiger partial charge in [-0.3, -0.25) is 37.3 Å². The number of unbranched alkanes of at least 4 members (excludes halogenated alkanes) is 43. The van der Waals surface area contributed by atoms with Crippen LogP contribution in [0.5, 0.6) is 0 Å². The molecule has 0 aromatic heterocycles. The van der Waals surface area contributed by atoms with Crippen molar-refractivity contribution in [3.05, 3.63) is 0 Å².